The molecule has 3 rings (SSSR count). The lowest BCUT2D eigenvalue weighted by molar-refractivity contribution is -0.510. The van der Waals surface area contributed by atoms with Gasteiger partial charge in [0.2, 0.25) is 0 Å². The maximum atomic E-state index is 10.5. The summed E-state index contributed by atoms with van der Waals surface area (Å²) in [5, 5.41) is 23.3. The molecule has 2 N–H and O–H groups in total. The van der Waals surface area contributed by atoms with Gasteiger partial charge in [-0.15, -0.1) is 4.91 Å². The Bertz CT molecular complexity index is 748. The molecule has 0 aliphatic heterocycles. The first-order valence-electron chi connectivity index (χ1n) is 4.91. The molecule has 1 aromatic carbocycles. The normalized spacial score (nSPS) is 11.1. The number of hydrogen-bond acceptors (Lipinski definition) is 4. The zero-order valence-corrected chi connectivity index (χ0v) is 8.61. The molecular formula is C11H8N3O3+. The number of hydrogen-bond donors (Lipinski definition) is 2. The highest BCUT2D eigenvalue weighted by Gasteiger charge is 2.15. The van der Waals surface area contributed by atoms with Gasteiger partial charge >= 0.3 is 5.65 Å². The number of aromatic nitrogens is 2. The molecule has 84 valence electrons. The van der Waals surface area contributed by atoms with Crippen LogP contribution < -0.4 is 4.40 Å². The summed E-state index contributed by atoms with van der Waals surface area (Å²) in [4.78, 5) is 10.5. The molecule has 0 unspecified atom stereocenters. The predicted octanol–water partition coefficient (Wildman–Crippen LogP) is 1.72. The van der Waals surface area contributed by atoms with Gasteiger partial charge < -0.3 is 10.3 Å². The number of rotatable bonds is 1. The number of nitroso groups, excluding NO2 is 1. The van der Waals surface area contributed by atoms with E-state index in [1.807, 2.05) is 0 Å². The quantitative estimate of drug-likeness (QED) is 0.379. The van der Waals surface area contributed by atoms with E-state index in [0.717, 1.165) is 4.73 Å². The molecule has 0 amide bonds. The molecule has 0 saturated heterocycles. The first kappa shape index (κ1) is 9.59. The summed E-state index contributed by atoms with van der Waals surface area (Å²) in [5.74, 6) is -0.173. The van der Waals surface area contributed by atoms with E-state index in [9.17, 15) is 15.2 Å². The number of imidazole rings is 1. The van der Waals surface area contributed by atoms with Crippen molar-refractivity contribution in [2.45, 2.75) is 0 Å². The van der Waals surface area contributed by atoms with Crippen LogP contribution in [0.4, 0.5) is 5.69 Å². The fourth-order valence-electron chi connectivity index (χ4n) is 1.94. The van der Waals surface area contributed by atoms with Gasteiger partial charge in [0, 0.05) is 0 Å². The smallest absolute Gasteiger partial charge is 0.333 e. The van der Waals surface area contributed by atoms with E-state index in [-0.39, 0.29) is 11.4 Å². The van der Waals surface area contributed by atoms with Crippen LogP contribution in [0.5, 0.6) is 5.75 Å². The molecule has 17 heavy (non-hydrogen) atoms. The van der Waals surface area contributed by atoms with Gasteiger partial charge in [0.1, 0.15) is 11.9 Å². The van der Waals surface area contributed by atoms with Crippen molar-refractivity contribution >= 4 is 22.1 Å². The summed E-state index contributed by atoms with van der Waals surface area (Å²) in [6.07, 6.45) is 4.91. The van der Waals surface area contributed by atoms with Crippen molar-refractivity contribution in [1.82, 2.24) is 4.73 Å². The Hall–Kier alpha value is -2.63. The number of aromatic hydroxyl groups is 1. The summed E-state index contributed by atoms with van der Waals surface area (Å²) in [7, 11) is 0. The van der Waals surface area contributed by atoms with Crippen molar-refractivity contribution in [3.63, 3.8) is 0 Å². The number of pyridine rings is 1. The van der Waals surface area contributed by atoms with Gasteiger partial charge in [-0.05, 0) is 33.5 Å². The summed E-state index contributed by atoms with van der Waals surface area (Å²) < 4.78 is 2.65. The monoisotopic (exact) mass is 230 g/mol. The van der Waals surface area contributed by atoms with Crippen LogP contribution in [-0.4, -0.2) is 15.0 Å². The van der Waals surface area contributed by atoms with Crippen LogP contribution in [0, 0.1) is 4.91 Å². The Labute approximate surface area is 94.9 Å². The minimum atomic E-state index is -0.173. The Kier molecular flexibility index (Phi) is 1.79. The number of phenols is 1. The molecule has 0 aliphatic carbocycles. The van der Waals surface area contributed by atoms with Crippen LogP contribution in [-0.2, 0) is 0 Å². The largest absolute Gasteiger partial charge is 0.506 e. The Morgan fingerprint density at radius 3 is 2.88 bits per heavy atom. The van der Waals surface area contributed by atoms with Gasteiger partial charge in [-0.3, -0.25) is 0 Å². The topological polar surface area (TPSA) is 78.9 Å². The highest BCUT2D eigenvalue weighted by Crippen LogP contribution is 2.32. The molecule has 6 heteroatoms. The van der Waals surface area contributed by atoms with E-state index >= 15 is 0 Å². The summed E-state index contributed by atoms with van der Waals surface area (Å²) in [6, 6.07) is 4.66. The fourth-order valence-corrected chi connectivity index (χ4v) is 1.94. The third kappa shape index (κ3) is 1.24. The van der Waals surface area contributed by atoms with Crippen molar-refractivity contribution in [2.75, 3.05) is 0 Å². The van der Waals surface area contributed by atoms with Crippen LogP contribution in [0.15, 0.2) is 42.0 Å². The molecule has 6 nitrogen and oxygen atoms in total. The van der Waals surface area contributed by atoms with Crippen molar-refractivity contribution < 1.29 is 14.7 Å². The SMILES string of the molecule is O=Nc1cc2c(cc[n+]3ccn(O)c23)cc1O. The molecule has 0 fully saturated rings. The average Bonchev–Trinajstić information content (AvgIpc) is 2.70. The standard InChI is InChI=1S/C11H7N3O3/c15-10-5-7-1-2-13-3-4-14(17)11(13)8(7)6-9(10)12-16/h1-6,17H/p+1. The maximum Gasteiger partial charge on any atom is 0.333 e. The Morgan fingerprint density at radius 1 is 1.29 bits per heavy atom. The maximum absolute atomic E-state index is 10.5. The second-order valence-corrected chi connectivity index (χ2v) is 3.71. The molecule has 2 aromatic heterocycles. The molecule has 0 radical (unpaired) electrons. The Balaban J connectivity index is 2.56. The van der Waals surface area contributed by atoms with Crippen LogP contribution in [0.3, 0.4) is 0 Å². The van der Waals surface area contributed by atoms with Gasteiger partial charge in [-0.1, -0.05) is 0 Å². The highest BCUT2D eigenvalue weighted by molar-refractivity contribution is 5.95. The zero-order chi connectivity index (χ0) is 12.0. The van der Waals surface area contributed by atoms with E-state index in [1.54, 1.807) is 22.9 Å². The molecule has 3 aromatic rings. The number of fused-ring (bicyclic) bond motifs is 3. The van der Waals surface area contributed by atoms with Crippen molar-refractivity contribution in [3.05, 3.63) is 41.7 Å². The fraction of sp³-hybridized carbons (Fsp3) is 0. The molecular weight excluding hydrogens is 222 g/mol. The van der Waals surface area contributed by atoms with Crippen molar-refractivity contribution in [2.24, 2.45) is 5.18 Å². The first-order valence-corrected chi connectivity index (χ1v) is 4.91. The summed E-state index contributed by atoms with van der Waals surface area (Å²) >= 11 is 0. The van der Waals surface area contributed by atoms with Crippen LogP contribution in [0.2, 0.25) is 0 Å². The van der Waals surface area contributed by atoms with E-state index < -0.39 is 0 Å². The van der Waals surface area contributed by atoms with Gasteiger partial charge in [-0.2, -0.15) is 4.40 Å². The van der Waals surface area contributed by atoms with Gasteiger partial charge in [0.15, 0.2) is 11.9 Å². The summed E-state index contributed by atoms with van der Waals surface area (Å²) in [5.41, 5.74) is 0.458. The number of nitrogens with zero attached hydrogens (tertiary/aromatic N) is 3. The minimum Gasteiger partial charge on any atom is -0.506 e. The molecule has 2 heterocycles. The van der Waals surface area contributed by atoms with Crippen LogP contribution in [0.25, 0.3) is 16.4 Å². The lowest BCUT2D eigenvalue weighted by Crippen LogP contribution is -2.18. The average molecular weight is 230 g/mol. The third-order valence-electron chi connectivity index (χ3n) is 2.73. The zero-order valence-electron chi connectivity index (χ0n) is 8.61. The third-order valence-corrected chi connectivity index (χ3v) is 2.73. The highest BCUT2D eigenvalue weighted by atomic mass is 16.5. The van der Waals surface area contributed by atoms with E-state index in [2.05, 4.69) is 5.18 Å². The number of phenolic OH excluding ortho intramolecular Hbond substituents is 1. The van der Waals surface area contributed by atoms with Crippen molar-refractivity contribution in [3.8, 4) is 5.75 Å². The molecule has 0 aliphatic rings. The first-order chi connectivity index (χ1) is 8.20. The van der Waals surface area contributed by atoms with Crippen molar-refractivity contribution in [1.29, 1.82) is 0 Å². The second kappa shape index (κ2) is 3.18. The van der Waals surface area contributed by atoms with E-state index in [4.69, 9.17) is 0 Å². The second-order valence-electron chi connectivity index (χ2n) is 3.71. The Morgan fingerprint density at radius 2 is 2.12 bits per heavy atom. The van der Waals surface area contributed by atoms with Gasteiger partial charge in [0.05, 0.1) is 11.6 Å². The van der Waals surface area contributed by atoms with Gasteiger partial charge in [-0.25, -0.2) is 0 Å². The van der Waals surface area contributed by atoms with E-state index in [1.165, 1.54) is 18.3 Å². The molecule has 0 atom stereocenters. The molecule has 0 spiro atoms. The summed E-state index contributed by atoms with van der Waals surface area (Å²) in [6.45, 7) is 0. The lowest BCUT2D eigenvalue weighted by Gasteiger charge is -2.00. The van der Waals surface area contributed by atoms with Crippen LogP contribution >= 0.6 is 0 Å². The number of benzene rings is 1. The van der Waals surface area contributed by atoms with Crippen LogP contribution in [0.1, 0.15) is 0 Å². The predicted molar refractivity (Wildman–Crippen MR) is 59.4 cm³/mol. The van der Waals surface area contributed by atoms with Gasteiger partial charge in [0.25, 0.3) is 0 Å². The molecule has 0 bridgehead atoms. The van der Waals surface area contributed by atoms with E-state index in [0.29, 0.717) is 16.4 Å². The molecule has 0 saturated carbocycles. The lowest BCUT2D eigenvalue weighted by atomic mass is 10.1. The minimum absolute atomic E-state index is 0.0493.